The molecule has 2 saturated carbocycles. The highest BCUT2D eigenvalue weighted by Gasteiger charge is 2.55. The minimum Gasteiger partial charge on any atom is -0.480 e. The zero-order valence-corrected chi connectivity index (χ0v) is 12.0. The largest absolute Gasteiger partial charge is 0.480 e. The molecule has 5 nitrogen and oxygen atoms in total. The van der Waals surface area contributed by atoms with Gasteiger partial charge in [0.15, 0.2) is 0 Å². The van der Waals surface area contributed by atoms with Gasteiger partial charge in [-0.25, -0.2) is 0 Å². The van der Waals surface area contributed by atoms with Crippen molar-refractivity contribution in [3.63, 3.8) is 0 Å². The fourth-order valence-electron chi connectivity index (χ4n) is 3.49. The average molecular weight is 287 g/mol. The number of carboxylic acids is 1. The molecule has 4 unspecified atom stereocenters. The van der Waals surface area contributed by atoms with Gasteiger partial charge in [-0.1, -0.05) is 6.92 Å². The highest BCUT2D eigenvalue weighted by atomic mass is 32.1. The SMILES string of the molecule is CC(CS)C(=O)N(CC(=O)O)C1(O)CC2CCC1C2. The molecule has 0 aromatic rings. The van der Waals surface area contributed by atoms with E-state index in [0.717, 1.165) is 19.3 Å². The standard InChI is InChI=1S/C13H21NO4S/c1-8(7-19)12(17)14(6-11(15)16)13(18)5-9-2-3-10(13)4-9/h8-10,18-19H,2-7H2,1H3,(H,15,16). The summed E-state index contributed by atoms with van der Waals surface area (Å²) in [5, 5.41) is 19.8. The molecule has 0 heterocycles. The Hall–Kier alpha value is -0.750. The van der Waals surface area contributed by atoms with Crippen LogP contribution in [0.15, 0.2) is 0 Å². The molecule has 2 aliphatic rings. The second kappa shape index (κ2) is 5.32. The number of carbonyl (C=O) groups excluding carboxylic acids is 1. The molecule has 19 heavy (non-hydrogen) atoms. The third-order valence-corrected chi connectivity index (χ3v) is 5.05. The van der Waals surface area contributed by atoms with Crippen molar-refractivity contribution in [2.45, 2.75) is 38.3 Å². The van der Waals surface area contributed by atoms with Crippen LogP contribution in [-0.4, -0.2) is 45.0 Å². The van der Waals surface area contributed by atoms with E-state index in [1.165, 1.54) is 4.90 Å². The van der Waals surface area contributed by atoms with E-state index in [-0.39, 0.29) is 17.7 Å². The van der Waals surface area contributed by atoms with E-state index in [9.17, 15) is 14.7 Å². The number of carboxylic acid groups (broad SMARTS) is 1. The van der Waals surface area contributed by atoms with Gasteiger partial charge in [0.05, 0.1) is 0 Å². The smallest absolute Gasteiger partial charge is 0.323 e. The van der Waals surface area contributed by atoms with Crippen LogP contribution in [0.5, 0.6) is 0 Å². The third kappa shape index (κ3) is 2.60. The molecule has 2 N–H and O–H groups in total. The van der Waals surface area contributed by atoms with Crippen molar-refractivity contribution in [3.05, 3.63) is 0 Å². The van der Waals surface area contributed by atoms with Crippen molar-refractivity contribution in [1.29, 1.82) is 0 Å². The lowest BCUT2D eigenvalue weighted by atomic mass is 9.89. The lowest BCUT2D eigenvalue weighted by Gasteiger charge is -2.43. The maximum atomic E-state index is 12.3. The summed E-state index contributed by atoms with van der Waals surface area (Å²) in [4.78, 5) is 24.5. The molecular weight excluding hydrogens is 266 g/mol. The number of aliphatic carboxylic acids is 1. The summed E-state index contributed by atoms with van der Waals surface area (Å²) < 4.78 is 0. The van der Waals surface area contributed by atoms with Gasteiger partial charge in [0, 0.05) is 17.6 Å². The highest BCUT2D eigenvalue weighted by molar-refractivity contribution is 7.80. The Morgan fingerprint density at radius 1 is 1.47 bits per heavy atom. The van der Waals surface area contributed by atoms with Gasteiger partial charge in [0.25, 0.3) is 0 Å². The Balaban J connectivity index is 2.22. The lowest BCUT2D eigenvalue weighted by Crippen LogP contribution is -2.58. The van der Waals surface area contributed by atoms with Gasteiger partial charge in [0.2, 0.25) is 5.91 Å². The van der Waals surface area contributed by atoms with Crippen LogP contribution in [0.1, 0.15) is 32.6 Å². The first-order chi connectivity index (χ1) is 8.88. The number of rotatable bonds is 5. The zero-order chi connectivity index (χ0) is 14.2. The Kier molecular flexibility index (Phi) is 4.11. The second-order valence-corrected chi connectivity index (χ2v) is 6.23. The molecule has 2 aliphatic carbocycles. The Morgan fingerprint density at radius 3 is 2.58 bits per heavy atom. The predicted molar refractivity (Wildman–Crippen MR) is 72.8 cm³/mol. The lowest BCUT2D eigenvalue weighted by molar-refractivity contribution is -0.182. The maximum absolute atomic E-state index is 12.3. The quantitative estimate of drug-likeness (QED) is 0.520. The minimum atomic E-state index is -1.27. The molecule has 4 atom stereocenters. The van der Waals surface area contributed by atoms with Gasteiger partial charge >= 0.3 is 5.97 Å². The van der Waals surface area contributed by atoms with Gasteiger partial charge in [-0.2, -0.15) is 12.6 Å². The number of hydrogen-bond acceptors (Lipinski definition) is 4. The van der Waals surface area contributed by atoms with Gasteiger partial charge < -0.3 is 15.1 Å². The van der Waals surface area contributed by atoms with Gasteiger partial charge in [-0.15, -0.1) is 0 Å². The molecular formula is C13H21NO4S. The molecule has 1 amide bonds. The normalized spacial score (nSPS) is 34.3. The fourth-order valence-corrected chi connectivity index (χ4v) is 3.64. The van der Waals surface area contributed by atoms with Crippen LogP contribution in [0.3, 0.4) is 0 Å². The summed E-state index contributed by atoms with van der Waals surface area (Å²) in [7, 11) is 0. The molecule has 0 aromatic carbocycles. The molecule has 6 heteroatoms. The third-order valence-electron chi connectivity index (χ3n) is 4.51. The van der Waals surface area contributed by atoms with Crippen molar-refractivity contribution in [1.82, 2.24) is 4.90 Å². The van der Waals surface area contributed by atoms with Crippen molar-refractivity contribution in [2.75, 3.05) is 12.3 Å². The molecule has 0 radical (unpaired) electrons. The Bertz CT molecular complexity index is 389. The fraction of sp³-hybridized carbons (Fsp3) is 0.846. The Labute approximate surface area is 118 Å². The molecule has 0 aliphatic heterocycles. The summed E-state index contributed by atoms with van der Waals surface area (Å²) in [6.45, 7) is 1.28. The van der Waals surface area contributed by atoms with E-state index in [4.69, 9.17) is 5.11 Å². The monoisotopic (exact) mass is 287 g/mol. The van der Waals surface area contributed by atoms with E-state index in [0.29, 0.717) is 18.1 Å². The zero-order valence-electron chi connectivity index (χ0n) is 11.1. The molecule has 0 spiro atoms. The number of amides is 1. The van der Waals surface area contributed by atoms with Crippen LogP contribution >= 0.6 is 12.6 Å². The summed E-state index contributed by atoms with van der Waals surface area (Å²) in [5.41, 5.74) is -1.27. The number of nitrogens with zero attached hydrogens (tertiary/aromatic N) is 1. The van der Waals surface area contributed by atoms with Crippen LogP contribution in [0.25, 0.3) is 0 Å². The minimum absolute atomic E-state index is 0.0212. The average Bonchev–Trinajstić information content (AvgIpc) is 2.94. The maximum Gasteiger partial charge on any atom is 0.323 e. The first-order valence-corrected chi connectivity index (χ1v) is 7.38. The molecule has 0 aromatic heterocycles. The number of hydrogen-bond donors (Lipinski definition) is 3. The molecule has 2 bridgehead atoms. The van der Waals surface area contributed by atoms with Crippen LogP contribution in [-0.2, 0) is 9.59 Å². The number of aliphatic hydroxyl groups is 1. The van der Waals surface area contributed by atoms with Crippen molar-refractivity contribution >= 4 is 24.5 Å². The summed E-state index contributed by atoms with van der Waals surface area (Å²) in [6, 6.07) is 0. The molecule has 2 fully saturated rings. The number of fused-ring (bicyclic) bond motifs is 2. The van der Waals surface area contributed by atoms with Crippen LogP contribution in [0, 0.1) is 17.8 Å². The summed E-state index contributed by atoms with van der Waals surface area (Å²) >= 11 is 4.09. The molecule has 0 saturated heterocycles. The van der Waals surface area contributed by atoms with Gasteiger partial charge in [-0.3, -0.25) is 9.59 Å². The first-order valence-electron chi connectivity index (χ1n) is 6.75. The molecule has 2 rings (SSSR count). The summed E-state index contributed by atoms with van der Waals surface area (Å²) in [6.07, 6.45) is 3.36. The van der Waals surface area contributed by atoms with E-state index in [1.54, 1.807) is 6.92 Å². The van der Waals surface area contributed by atoms with Crippen LogP contribution in [0.2, 0.25) is 0 Å². The van der Waals surface area contributed by atoms with Crippen molar-refractivity contribution in [2.24, 2.45) is 17.8 Å². The first kappa shape index (κ1) is 14.7. The van der Waals surface area contributed by atoms with Crippen molar-refractivity contribution in [3.8, 4) is 0 Å². The van der Waals surface area contributed by atoms with Crippen LogP contribution < -0.4 is 0 Å². The van der Waals surface area contributed by atoms with Crippen molar-refractivity contribution < 1.29 is 19.8 Å². The second-order valence-electron chi connectivity index (χ2n) is 5.86. The summed E-state index contributed by atoms with van der Waals surface area (Å²) in [5.74, 6) is -0.994. The van der Waals surface area contributed by atoms with E-state index >= 15 is 0 Å². The van der Waals surface area contributed by atoms with E-state index < -0.39 is 18.2 Å². The molecule has 108 valence electrons. The van der Waals surface area contributed by atoms with E-state index in [2.05, 4.69) is 12.6 Å². The predicted octanol–water partition coefficient (Wildman–Crippen LogP) is 0.974. The van der Waals surface area contributed by atoms with Crippen LogP contribution in [0.4, 0.5) is 0 Å². The Morgan fingerprint density at radius 2 is 2.16 bits per heavy atom. The highest BCUT2D eigenvalue weighted by Crippen LogP contribution is 2.52. The topological polar surface area (TPSA) is 77.8 Å². The van der Waals surface area contributed by atoms with Gasteiger partial charge in [-0.05, 0) is 31.6 Å². The van der Waals surface area contributed by atoms with Gasteiger partial charge in [0.1, 0.15) is 12.3 Å². The van der Waals surface area contributed by atoms with E-state index in [1.807, 2.05) is 0 Å². The number of carbonyl (C=O) groups is 2. The number of thiol groups is 1.